The summed E-state index contributed by atoms with van der Waals surface area (Å²) in [5.74, 6) is -0.0913. The van der Waals surface area contributed by atoms with Crippen molar-refractivity contribution in [1.82, 2.24) is 10.1 Å². The molecule has 1 aromatic carbocycles. The largest absolute Gasteiger partial charge is 0.468 e. The highest BCUT2D eigenvalue weighted by Gasteiger charge is 2.57. The van der Waals surface area contributed by atoms with Gasteiger partial charge in [0.15, 0.2) is 0 Å². The standard InChI is InChI=1S/C13H11FN2O3/c1-18-12(17)13(6-7-13)11-15-10(16-19-11)8-2-4-9(14)5-3-8/h2-5H,6-7H2,1H3. The molecule has 0 atom stereocenters. The minimum Gasteiger partial charge on any atom is -0.468 e. The summed E-state index contributed by atoms with van der Waals surface area (Å²) in [5.41, 5.74) is -0.142. The number of esters is 1. The maximum Gasteiger partial charge on any atom is 0.321 e. The fourth-order valence-electron chi connectivity index (χ4n) is 1.96. The van der Waals surface area contributed by atoms with Crippen LogP contribution in [-0.4, -0.2) is 23.2 Å². The lowest BCUT2D eigenvalue weighted by molar-refractivity contribution is -0.144. The summed E-state index contributed by atoms with van der Waals surface area (Å²) in [5, 5.41) is 3.82. The van der Waals surface area contributed by atoms with E-state index < -0.39 is 5.41 Å². The van der Waals surface area contributed by atoms with Gasteiger partial charge in [-0.05, 0) is 37.1 Å². The van der Waals surface area contributed by atoms with Crippen LogP contribution in [0, 0.1) is 5.82 Å². The van der Waals surface area contributed by atoms with Gasteiger partial charge in [-0.2, -0.15) is 4.98 Å². The average Bonchev–Trinajstić information content (AvgIpc) is 3.10. The normalized spacial score (nSPS) is 16.1. The van der Waals surface area contributed by atoms with E-state index in [2.05, 4.69) is 10.1 Å². The van der Waals surface area contributed by atoms with Crippen LogP contribution in [0.4, 0.5) is 4.39 Å². The molecule has 3 rings (SSSR count). The van der Waals surface area contributed by atoms with Gasteiger partial charge in [-0.15, -0.1) is 0 Å². The van der Waals surface area contributed by atoms with E-state index >= 15 is 0 Å². The van der Waals surface area contributed by atoms with E-state index in [0.29, 0.717) is 24.2 Å². The van der Waals surface area contributed by atoms with Crippen molar-refractivity contribution in [1.29, 1.82) is 0 Å². The maximum atomic E-state index is 12.8. The monoisotopic (exact) mass is 262 g/mol. The number of methoxy groups -OCH3 is 1. The van der Waals surface area contributed by atoms with Gasteiger partial charge in [0.05, 0.1) is 7.11 Å². The summed E-state index contributed by atoms with van der Waals surface area (Å²) in [6, 6.07) is 5.75. The van der Waals surface area contributed by atoms with Gasteiger partial charge in [-0.25, -0.2) is 4.39 Å². The Morgan fingerprint density at radius 2 is 2.05 bits per heavy atom. The highest BCUT2D eigenvalue weighted by molar-refractivity contribution is 5.85. The third-order valence-corrected chi connectivity index (χ3v) is 3.26. The topological polar surface area (TPSA) is 65.2 Å². The van der Waals surface area contributed by atoms with E-state index in [4.69, 9.17) is 9.26 Å². The highest BCUT2D eigenvalue weighted by Crippen LogP contribution is 2.48. The van der Waals surface area contributed by atoms with Crippen molar-refractivity contribution in [3.8, 4) is 11.4 Å². The SMILES string of the molecule is COC(=O)C1(c2nc(-c3ccc(F)cc3)no2)CC1. The first-order chi connectivity index (χ1) is 9.15. The molecular formula is C13H11FN2O3. The number of hydrogen-bond acceptors (Lipinski definition) is 5. The fraction of sp³-hybridized carbons (Fsp3) is 0.308. The van der Waals surface area contributed by atoms with Gasteiger partial charge >= 0.3 is 5.97 Å². The first-order valence-corrected chi connectivity index (χ1v) is 5.84. The molecule has 0 saturated heterocycles. The molecule has 0 radical (unpaired) electrons. The fourth-order valence-corrected chi connectivity index (χ4v) is 1.96. The molecule has 1 aromatic heterocycles. The van der Waals surface area contributed by atoms with Gasteiger partial charge in [0.25, 0.3) is 0 Å². The zero-order valence-electron chi connectivity index (χ0n) is 10.2. The Bertz CT molecular complexity index is 617. The lowest BCUT2D eigenvalue weighted by atomic mass is 10.1. The van der Waals surface area contributed by atoms with Crippen molar-refractivity contribution in [2.24, 2.45) is 0 Å². The van der Waals surface area contributed by atoms with Crippen LogP contribution in [0.2, 0.25) is 0 Å². The third kappa shape index (κ3) is 1.89. The maximum absolute atomic E-state index is 12.8. The van der Waals surface area contributed by atoms with Crippen LogP contribution in [-0.2, 0) is 14.9 Å². The number of benzene rings is 1. The van der Waals surface area contributed by atoms with E-state index in [0.717, 1.165) is 0 Å². The van der Waals surface area contributed by atoms with E-state index in [-0.39, 0.29) is 17.7 Å². The van der Waals surface area contributed by atoms with Crippen molar-refractivity contribution < 1.29 is 18.4 Å². The Kier molecular flexibility index (Phi) is 2.58. The van der Waals surface area contributed by atoms with Crippen LogP contribution >= 0.6 is 0 Å². The number of nitrogens with zero attached hydrogens (tertiary/aromatic N) is 2. The summed E-state index contributed by atoms with van der Waals surface area (Å²) in [7, 11) is 1.33. The number of halogens is 1. The second-order valence-corrected chi connectivity index (χ2v) is 4.50. The minimum absolute atomic E-state index is 0.263. The Hall–Kier alpha value is -2.24. The number of carbonyl (C=O) groups excluding carboxylic acids is 1. The second-order valence-electron chi connectivity index (χ2n) is 4.50. The minimum atomic E-state index is -0.778. The van der Waals surface area contributed by atoms with Crippen LogP contribution in [0.5, 0.6) is 0 Å². The molecule has 0 bridgehead atoms. The Morgan fingerprint density at radius 3 is 2.63 bits per heavy atom. The molecule has 5 nitrogen and oxygen atoms in total. The first-order valence-electron chi connectivity index (χ1n) is 5.84. The molecule has 98 valence electrons. The molecule has 0 unspecified atom stereocenters. The summed E-state index contributed by atoms with van der Waals surface area (Å²) in [6.45, 7) is 0. The molecule has 1 heterocycles. The highest BCUT2D eigenvalue weighted by atomic mass is 19.1. The van der Waals surface area contributed by atoms with E-state index in [1.54, 1.807) is 12.1 Å². The van der Waals surface area contributed by atoms with Crippen molar-refractivity contribution >= 4 is 5.97 Å². The Balaban J connectivity index is 1.92. The number of hydrogen-bond donors (Lipinski definition) is 0. The quantitative estimate of drug-likeness (QED) is 0.792. The lowest BCUT2D eigenvalue weighted by Gasteiger charge is -2.05. The second kappa shape index (κ2) is 4.15. The molecule has 1 aliphatic carbocycles. The number of carbonyl (C=O) groups is 1. The number of aromatic nitrogens is 2. The molecule has 0 spiro atoms. The van der Waals surface area contributed by atoms with Crippen LogP contribution in [0.25, 0.3) is 11.4 Å². The number of ether oxygens (including phenoxy) is 1. The molecule has 0 aliphatic heterocycles. The summed E-state index contributed by atoms with van der Waals surface area (Å²) in [4.78, 5) is 15.9. The molecular weight excluding hydrogens is 251 g/mol. The van der Waals surface area contributed by atoms with Gasteiger partial charge in [0.2, 0.25) is 11.7 Å². The van der Waals surface area contributed by atoms with Crippen LogP contribution in [0.15, 0.2) is 28.8 Å². The van der Waals surface area contributed by atoms with Gasteiger partial charge in [-0.1, -0.05) is 5.16 Å². The van der Waals surface area contributed by atoms with Crippen molar-refractivity contribution in [2.75, 3.05) is 7.11 Å². The van der Waals surface area contributed by atoms with E-state index in [9.17, 15) is 9.18 Å². The number of rotatable bonds is 3. The van der Waals surface area contributed by atoms with Crippen molar-refractivity contribution in [3.63, 3.8) is 0 Å². The zero-order chi connectivity index (χ0) is 13.5. The predicted octanol–water partition coefficient (Wildman–Crippen LogP) is 2.08. The predicted molar refractivity (Wildman–Crippen MR) is 62.6 cm³/mol. The zero-order valence-corrected chi connectivity index (χ0v) is 10.2. The van der Waals surface area contributed by atoms with E-state index in [1.807, 2.05) is 0 Å². The molecule has 19 heavy (non-hydrogen) atoms. The molecule has 0 amide bonds. The average molecular weight is 262 g/mol. The van der Waals surface area contributed by atoms with Gasteiger partial charge < -0.3 is 9.26 Å². The molecule has 0 N–H and O–H groups in total. The molecule has 1 aliphatic rings. The molecule has 1 saturated carbocycles. The van der Waals surface area contributed by atoms with Gasteiger partial charge in [0.1, 0.15) is 11.2 Å². The summed E-state index contributed by atoms with van der Waals surface area (Å²) < 4.78 is 22.7. The van der Waals surface area contributed by atoms with Crippen LogP contribution < -0.4 is 0 Å². The Morgan fingerprint density at radius 1 is 1.37 bits per heavy atom. The van der Waals surface area contributed by atoms with E-state index in [1.165, 1.54) is 19.2 Å². The van der Waals surface area contributed by atoms with Gasteiger partial charge in [-0.3, -0.25) is 4.79 Å². The smallest absolute Gasteiger partial charge is 0.321 e. The van der Waals surface area contributed by atoms with Gasteiger partial charge in [0, 0.05) is 5.56 Å². The molecule has 6 heteroatoms. The Labute approximate surface area is 108 Å². The summed E-state index contributed by atoms with van der Waals surface area (Å²) in [6.07, 6.45) is 1.29. The van der Waals surface area contributed by atoms with Crippen LogP contribution in [0.3, 0.4) is 0 Å². The molecule has 1 fully saturated rings. The summed E-state index contributed by atoms with van der Waals surface area (Å²) >= 11 is 0. The lowest BCUT2D eigenvalue weighted by Crippen LogP contribution is -2.22. The first kappa shape index (κ1) is 11.8. The van der Waals surface area contributed by atoms with Crippen molar-refractivity contribution in [2.45, 2.75) is 18.3 Å². The van der Waals surface area contributed by atoms with Crippen LogP contribution in [0.1, 0.15) is 18.7 Å². The third-order valence-electron chi connectivity index (χ3n) is 3.26. The molecule has 2 aromatic rings. The van der Waals surface area contributed by atoms with Crippen molar-refractivity contribution in [3.05, 3.63) is 36.0 Å².